The van der Waals surface area contributed by atoms with E-state index in [2.05, 4.69) is 5.16 Å². The third kappa shape index (κ3) is 6.05. The molecule has 0 bridgehead atoms. The van der Waals surface area contributed by atoms with Gasteiger partial charge < -0.3 is 4.84 Å². The monoisotopic (exact) mass is 443 g/mol. The van der Waals surface area contributed by atoms with Gasteiger partial charge in [-0.2, -0.15) is 13.2 Å². The van der Waals surface area contributed by atoms with E-state index in [1.54, 1.807) is 36.0 Å². The molecule has 0 aliphatic carbocycles. The second-order valence-corrected chi connectivity index (χ2v) is 7.55. The number of rotatable bonds is 6. The first-order chi connectivity index (χ1) is 14.7. The zero-order valence-corrected chi connectivity index (χ0v) is 17.0. The summed E-state index contributed by atoms with van der Waals surface area (Å²) >= 11 is 1.55. The molecule has 0 N–H and O–H groups in total. The maximum Gasteiger partial charge on any atom is 0.416 e. The largest absolute Gasteiger partial charge is 0.416 e. The summed E-state index contributed by atoms with van der Waals surface area (Å²) in [6, 6.07) is 20.2. The minimum atomic E-state index is -4.50. The third-order valence-corrected chi connectivity index (χ3v) is 5.15. The zero-order valence-electron chi connectivity index (χ0n) is 16.2. The third-order valence-electron chi connectivity index (χ3n) is 4.14. The molecule has 0 aliphatic heterocycles. The van der Waals surface area contributed by atoms with Gasteiger partial charge in [-0.25, -0.2) is 4.79 Å². The fraction of sp³-hybridized carbons (Fsp3) is 0.0870. The van der Waals surface area contributed by atoms with Crippen LogP contribution in [0.15, 0.2) is 93.8 Å². The molecule has 158 valence electrons. The molecule has 4 nitrogen and oxygen atoms in total. The summed E-state index contributed by atoms with van der Waals surface area (Å²) in [5, 5.41) is 3.53. The van der Waals surface area contributed by atoms with Crippen molar-refractivity contribution in [2.75, 3.05) is 0 Å². The summed E-state index contributed by atoms with van der Waals surface area (Å²) in [6.07, 6.45) is -4.50. The number of nitrogens with zero attached hydrogens (tertiary/aromatic N) is 1. The van der Waals surface area contributed by atoms with Crippen LogP contribution in [0.25, 0.3) is 0 Å². The first kappa shape index (κ1) is 22.3. The number of alkyl halides is 3. The summed E-state index contributed by atoms with van der Waals surface area (Å²) in [5.41, 5.74) is -0.694. The highest BCUT2D eigenvalue weighted by Gasteiger charge is 2.30. The van der Waals surface area contributed by atoms with Crippen molar-refractivity contribution in [1.29, 1.82) is 0 Å². The van der Waals surface area contributed by atoms with E-state index in [1.807, 2.05) is 30.3 Å². The van der Waals surface area contributed by atoms with Crippen LogP contribution < -0.4 is 0 Å². The van der Waals surface area contributed by atoms with Crippen LogP contribution in [0.2, 0.25) is 0 Å². The molecule has 3 aromatic rings. The molecule has 3 aromatic carbocycles. The molecule has 0 radical (unpaired) electrons. The quantitative estimate of drug-likeness (QED) is 0.195. The fourth-order valence-electron chi connectivity index (χ4n) is 2.51. The van der Waals surface area contributed by atoms with E-state index in [9.17, 15) is 22.8 Å². The lowest BCUT2D eigenvalue weighted by Crippen LogP contribution is -2.12. The lowest BCUT2D eigenvalue weighted by atomic mass is 10.1. The van der Waals surface area contributed by atoms with Crippen molar-refractivity contribution in [1.82, 2.24) is 0 Å². The average Bonchev–Trinajstić information content (AvgIpc) is 2.77. The van der Waals surface area contributed by atoms with Crippen LogP contribution in [0.5, 0.6) is 0 Å². The van der Waals surface area contributed by atoms with E-state index in [-0.39, 0.29) is 11.3 Å². The van der Waals surface area contributed by atoms with Crippen LogP contribution >= 0.6 is 11.8 Å². The van der Waals surface area contributed by atoms with Crippen LogP contribution in [0.1, 0.15) is 33.2 Å². The predicted molar refractivity (Wildman–Crippen MR) is 111 cm³/mol. The number of oxime groups is 1. The van der Waals surface area contributed by atoms with Gasteiger partial charge in [-0.3, -0.25) is 4.79 Å². The lowest BCUT2D eigenvalue weighted by molar-refractivity contribution is -0.137. The van der Waals surface area contributed by atoms with Crippen molar-refractivity contribution in [2.45, 2.75) is 22.9 Å². The number of hydrogen-bond donors (Lipinski definition) is 0. The molecule has 0 spiro atoms. The first-order valence-corrected chi connectivity index (χ1v) is 9.86. The predicted octanol–water partition coefficient (Wildman–Crippen LogP) is 6.27. The molecule has 0 amide bonds. The number of hydrogen-bond acceptors (Lipinski definition) is 5. The molecule has 0 aliphatic rings. The molecule has 0 fully saturated rings. The molecule has 8 heteroatoms. The molecule has 0 saturated carbocycles. The van der Waals surface area contributed by atoms with E-state index in [1.165, 1.54) is 6.92 Å². The number of benzene rings is 3. The van der Waals surface area contributed by atoms with Gasteiger partial charge in [-0.15, -0.1) is 0 Å². The van der Waals surface area contributed by atoms with Gasteiger partial charge in [-0.1, -0.05) is 35.1 Å². The van der Waals surface area contributed by atoms with Gasteiger partial charge in [0.1, 0.15) is 5.71 Å². The van der Waals surface area contributed by atoms with Gasteiger partial charge in [0.25, 0.3) is 0 Å². The Morgan fingerprint density at radius 3 is 1.94 bits per heavy atom. The molecule has 0 saturated heterocycles. The Hall–Kier alpha value is -3.39. The minimum Gasteiger partial charge on any atom is -0.312 e. The molecule has 0 unspecified atom stereocenters. The second-order valence-electron chi connectivity index (χ2n) is 6.40. The number of carbonyl (C=O) groups is 2. The van der Waals surface area contributed by atoms with Crippen molar-refractivity contribution in [2.24, 2.45) is 5.16 Å². The second kappa shape index (κ2) is 9.61. The summed E-state index contributed by atoms with van der Waals surface area (Å²) in [6.45, 7) is 1.38. The van der Waals surface area contributed by atoms with Gasteiger partial charge in [-0.05, 0) is 67.6 Å². The molecular weight excluding hydrogens is 427 g/mol. The molecule has 0 atom stereocenters. The Kier molecular flexibility index (Phi) is 6.91. The van der Waals surface area contributed by atoms with Crippen LogP contribution in [-0.2, 0) is 11.0 Å². The molecule has 0 aromatic heterocycles. The van der Waals surface area contributed by atoms with Crippen LogP contribution in [-0.4, -0.2) is 17.5 Å². The van der Waals surface area contributed by atoms with E-state index in [0.717, 1.165) is 34.1 Å². The van der Waals surface area contributed by atoms with Crippen molar-refractivity contribution in [3.05, 3.63) is 95.6 Å². The Bertz CT molecular complexity index is 1090. The van der Waals surface area contributed by atoms with Gasteiger partial charge in [0.15, 0.2) is 0 Å². The minimum absolute atomic E-state index is 0.0660. The Balaban J connectivity index is 1.62. The number of ketones is 1. The van der Waals surface area contributed by atoms with Gasteiger partial charge in [0.2, 0.25) is 5.78 Å². The number of carbonyl (C=O) groups excluding carboxylic acids is 2. The van der Waals surface area contributed by atoms with Crippen molar-refractivity contribution in [3.63, 3.8) is 0 Å². The Labute approximate surface area is 180 Å². The van der Waals surface area contributed by atoms with E-state index >= 15 is 0 Å². The molecule has 31 heavy (non-hydrogen) atoms. The van der Waals surface area contributed by atoms with Gasteiger partial charge in [0.05, 0.1) is 11.1 Å². The maximum atomic E-state index is 12.6. The molecular formula is C23H16F3NO3S. The highest BCUT2D eigenvalue weighted by molar-refractivity contribution is 7.99. The molecule has 0 heterocycles. The van der Waals surface area contributed by atoms with Crippen molar-refractivity contribution in [3.8, 4) is 0 Å². The van der Waals surface area contributed by atoms with Crippen LogP contribution in [0.4, 0.5) is 13.2 Å². The average molecular weight is 443 g/mol. The summed E-state index contributed by atoms with van der Waals surface area (Å²) in [7, 11) is 0. The summed E-state index contributed by atoms with van der Waals surface area (Å²) < 4.78 is 37.7. The van der Waals surface area contributed by atoms with Crippen LogP contribution in [0, 0.1) is 0 Å². The lowest BCUT2D eigenvalue weighted by Gasteiger charge is -2.06. The fourth-order valence-corrected chi connectivity index (χ4v) is 3.34. The van der Waals surface area contributed by atoms with Crippen molar-refractivity contribution < 1.29 is 27.6 Å². The van der Waals surface area contributed by atoms with Crippen LogP contribution in [0.3, 0.4) is 0 Å². The van der Waals surface area contributed by atoms with Crippen molar-refractivity contribution >= 4 is 29.2 Å². The van der Waals surface area contributed by atoms with E-state index < -0.39 is 23.5 Å². The smallest absolute Gasteiger partial charge is 0.312 e. The van der Waals surface area contributed by atoms with Gasteiger partial charge >= 0.3 is 12.1 Å². The highest BCUT2D eigenvalue weighted by Crippen LogP contribution is 2.29. The topological polar surface area (TPSA) is 55.7 Å². The SMILES string of the molecule is C/C(=N\OC(=O)c1ccc(C(F)(F)F)cc1)C(=O)c1ccc(Sc2ccccc2)cc1. The molecule has 3 rings (SSSR count). The number of halogens is 3. The Morgan fingerprint density at radius 2 is 1.35 bits per heavy atom. The van der Waals surface area contributed by atoms with Gasteiger partial charge in [0, 0.05) is 15.4 Å². The standard InChI is InChI=1S/C23H16F3NO3S/c1-15(27-30-22(29)17-7-11-18(12-8-17)23(24,25)26)21(28)16-9-13-20(14-10-16)31-19-5-3-2-4-6-19/h2-14H,1H3/b27-15+. The normalized spacial score (nSPS) is 11.8. The van der Waals surface area contributed by atoms with E-state index in [4.69, 9.17) is 4.84 Å². The van der Waals surface area contributed by atoms with E-state index in [0.29, 0.717) is 5.56 Å². The summed E-state index contributed by atoms with van der Waals surface area (Å²) in [4.78, 5) is 31.1. The number of Topliss-reactive ketones (excluding diaryl/α,β-unsaturated/α-hetero) is 1. The Morgan fingerprint density at radius 1 is 0.806 bits per heavy atom. The highest BCUT2D eigenvalue weighted by atomic mass is 32.2. The first-order valence-electron chi connectivity index (χ1n) is 9.05. The summed E-state index contributed by atoms with van der Waals surface area (Å²) in [5.74, 6) is -1.40. The zero-order chi connectivity index (χ0) is 22.4. The maximum absolute atomic E-state index is 12.6.